The summed E-state index contributed by atoms with van der Waals surface area (Å²) in [5, 5.41) is 1.09. The van der Waals surface area contributed by atoms with Gasteiger partial charge in [0.1, 0.15) is 6.29 Å². The minimum absolute atomic E-state index is 0.175. The molecule has 0 radical (unpaired) electrons. The molecular formula is C21H32O5Si. The SMILES string of the molecule is CCC[C@@H](C=O)[C@H](C(C(=O)OCC)C(=O)OCC)[Si](C)(C)c1ccccc1. The number of benzene rings is 1. The van der Waals surface area contributed by atoms with Gasteiger partial charge in [0.2, 0.25) is 0 Å². The van der Waals surface area contributed by atoms with Gasteiger partial charge in [0.25, 0.3) is 0 Å². The van der Waals surface area contributed by atoms with Crippen LogP contribution in [0.5, 0.6) is 0 Å². The first kappa shape index (κ1) is 23.1. The molecule has 0 amide bonds. The van der Waals surface area contributed by atoms with Crippen molar-refractivity contribution < 1.29 is 23.9 Å². The Morgan fingerprint density at radius 3 is 1.93 bits per heavy atom. The van der Waals surface area contributed by atoms with Crippen LogP contribution in [0.25, 0.3) is 0 Å². The first-order valence-corrected chi connectivity index (χ1v) is 12.8. The van der Waals surface area contributed by atoms with Crippen molar-refractivity contribution in [3.63, 3.8) is 0 Å². The Balaban J connectivity index is 3.53. The second-order valence-corrected chi connectivity index (χ2v) is 11.9. The van der Waals surface area contributed by atoms with Crippen molar-refractivity contribution in [3.8, 4) is 0 Å². The van der Waals surface area contributed by atoms with Crippen LogP contribution in [-0.2, 0) is 23.9 Å². The summed E-state index contributed by atoms with van der Waals surface area (Å²) in [6, 6.07) is 9.85. The molecule has 0 aliphatic heterocycles. The maximum absolute atomic E-state index is 12.8. The van der Waals surface area contributed by atoms with Crippen LogP contribution >= 0.6 is 0 Å². The minimum atomic E-state index is -2.41. The van der Waals surface area contributed by atoms with Gasteiger partial charge >= 0.3 is 11.9 Å². The standard InChI is InChI=1S/C21H32O5Si/c1-6-12-16(15-22)19(27(4,5)17-13-10-9-11-14-17)18(20(23)25-7-2)21(24)26-8-3/h9-11,13-16,18-19H,6-8,12H2,1-5H3/t16-,19+/m0/s1. The third kappa shape index (κ3) is 5.76. The highest BCUT2D eigenvalue weighted by molar-refractivity contribution is 6.91. The summed E-state index contributed by atoms with van der Waals surface area (Å²) in [6.07, 6.45) is 2.31. The van der Waals surface area contributed by atoms with Crippen LogP contribution in [0, 0.1) is 11.8 Å². The van der Waals surface area contributed by atoms with Crippen molar-refractivity contribution in [2.24, 2.45) is 11.8 Å². The summed E-state index contributed by atoms with van der Waals surface area (Å²) in [7, 11) is -2.41. The molecule has 1 rings (SSSR count). The quantitative estimate of drug-likeness (QED) is 0.250. The summed E-state index contributed by atoms with van der Waals surface area (Å²) in [5.41, 5.74) is -0.435. The number of ether oxygens (including phenoxy) is 2. The first-order chi connectivity index (χ1) is 12.8. The lowest BCUT2D eigenvalue weighted by atomic mass is 9.91. The molecule has 0 N–H and O–H groups in total. The molecule has 5 nitrogen and oxygen atoms in total. The average molecular weight is 393 g/mol. The molecule has 1 aromatic carbocycles. The molecule has 0 saturated heterocycles. The van der Waals surface area contributed by atoms with E-state index in [0.29, 0.717) is 6.42 Å². The highest BCUT2D eigenvalue weighted by Gasteiger charge is 2.50. The van der Waals surface area contributed by atoms with E-state index in [1.807, 2.05) is 37.3 Å². The zero-order valence-electron chi connectivity index (χ0n) is 17.1. The lowest BCUT2D eigenvalue weighted by Gasteiger charge is -2.39. The second kappa shape index (κ2) is 11.0. The smallest absolute Gasteiger partial charge is 0.320 e. The molecule has 0 aliphatic rings. The van der Waals surface area contributed by atoms with E-state index in [-0.39, 0.29) is 13.2 Å². The Morgan fingerprint density at radius 2 is 1.52 bits per heavy atom. The molecule has 0 bridgehead atoms. The molecule has 2 atom stereocenters. The van der Waals surface area contributed by atoms with Crippen molar-refractivity contribution in [3.05, 3.63) is 30.3 Å². The van der Waals surface area contributed by atoms with Crippen LogP contribution < -0.4 is 5.19 Å². The Hall–Kier alpha value is -1.95. The van der Waals surface area contributed by atoms with Crippen LogP contribution in [0.2, 0.25) is 18.6 Å². The maximum atomic E-state index is 12.8. The largest absolute Gasteiger partial charge is 0.465 e. The molecule has 0 saturated carbocycles. The number of carbonyl (C=O) groups excluding carboxylic acids is 3. The number of esters is 2. The lowest BCUT2D eigenvalue weighted by molar-refractivity contribution is -0.162. The molecule has 0 fully saturated rings. The minimum Gasteiger partial charge on any atom is -0.465 e. The third-order valence-electron chi connectivity index (χ3n) is 5.05. The van der Waals surface area contributed by atoms with E-state index < -0.39 is 37.4 Å². The summed E-state index contributed by atoms with van der Waals surface area (Å²) in [5.74, 6) is -2.69. The van der Waals surface area contributed by atoms with E-state index in [2.05, 4.69) is 13.1 Å². The van der Waals surface area contributed by atoms with Gasteiger partial charge in [-0.15, -0.1) is 0 Å². The van der Waals surface area contributed by atoms with E-state index in [4.69, 9.17) is 9.47 Å². The van der Waals surface area contributed by atoms with Crippen LogP contribution in [0.4, 0.5) is 0 Å². The van der Waals surface area contributed by atoms with Crippen LogP contribution in [0.1, 0.15) is 33.6 Å². The summed E-state index contributed by atoms with van der Waals surface area (Å²) >= 11 is 0. The second-order valence-electron chi connectivity index (χ2n) is 7.18. The van der Waals surface area contributed by atoms with E-state index in [9.17, 15) is 14.4 Å². The van der Waals surface area contributed by atoms with Gasteiger partial charge in [-0.3, -0.25) is 9.59 Å². The van der Waals surface area contributed by atoms with Gasteiger partial charge in [-0.2, -0.15) is 0 Å². The molecule has 0 spiro atoms. The summed E-state index contributed by atoms with van der Waals surface area (Å²) < 4.78 is 10.4. The average Bonchev–Trinajstić information content (AvgIpc) is 2.65. The highest BCUT2D eigenvalue weighted by Crippen LogP contribution is 2.40. The predicted molar refractivity (Wildman–Crippen MR) is 109 cm³/mol. The zero-order chi connectivity index (χ0) is 20.4. The predicted octanol–water partition coefficient (Wildman–Crippen LogP) is 3.33. The maximum Gasteiger partial charge on any atom is 0.320 e. The van der Waals surface area contributed by atoms with Gasteiger partial charge in [0.05, 0.1) is 21.3 Å². The van der Waals surface area contributed by atoms with Crippen molar-refractivity contribution >= 4 is 31.5 Å². The van der Waals surface area contributed by atoms with Gasteiger partial charge in [0, 0.05) is 5.92 Å². The third-order valence-corrected chi connectivity index (χ3v) is 9.30. The zero-order valence-corrected chi connectivity index (χ0v) is 18.1. The van der Waals surface area contributed by atoms with Gasteiger partial charge in [-0.25, -0.2) is 0 Å². The fraction of sp³-hybridized carbons (Fsp3) is 0.571. The number of carbonyl (C=O) groups is 3. The van der Waals surface area contributed by atoms with E-state index in [0.717, 1.165) is 17.9 Å². The topological polar surface area (TPSA) is 69.7 Å². The molecule has 6 heteroatoms. The highest BCUT2D eigenvalue weighted by atomic mass is 28.3. The fourth-order valence-electron chi connectivity index (χ4n) is 3.78. The number of hydrogen-bond acceptors (Lipinski definition) is 5. The number of hydrogen-bond donors (Lipinski definition) is 0. The van der Waals surface area contributed by atoms with Gasteiger partial charge in [-0.05, 0) is 25.8 Å². The van der Waals surface area contributed by atoms with Gasteiger partial charge in [-0.1, -0.05) is 62.0 Å². The van der Waals surface area contributed by atoms with Crippen molar-refractivity contribution in [1.29, 1.82) is 0 Å². The molecule has 0 aliphatic carbocycles. The number of aldehydes is 1. The van der Waals surface area contributed by atoms with Crippen LogP contribution in [-0.4, -0.2) is 39.5 Å². The Bertz CT molecular complexity index is 596. The molecule has 0 aromatic heterocycles. The normalized spacial score (nSPS) is 13.7. The molecule has 1 aromatic rings. The van der Waals surface area contributed by atoms with E-state index >= 15 is 0 Å². The van der Waals surface area contributed by atoms with Crippen molar-refractivity contribution in [2.45, 2.75) is 52.2 Å². The van der Waals surface area contributed by atoms with Crippen molar-refractivity contribution in [1.82, 2.24) is 0 Å². The van der Waals surface area contributed by atoms with Gasteiger partial charge < -0.3 is 14.3 Å². The fourth-order valence-corrected chi connectivity index (χ4v) is 7.64. The first-order valence-electron chi connectivity index (χ1n) is 9.69. The van der Waals surface area contributed by atoms with E-state index in [1.54, 1.807) is 13.8 Å². The number of rotatable bonds is 11. The summed E-state index contributed by atoms with van der Waals surface area (Å²) in [4.78, 5) is 37.6. The van der Waals surface area contributed by atoms with E-state index in [1.165, 1.54) is 0 Å². The van der Waals surface area contributed by atoms with Crippen LogP contribution in [0.15, 0.2) is 30.3 Å². The molecule has 150 valence electrons. The van der Waals surface area contributed by atoms with Crippen molar-refractivity contribution in [2.75, 3.05) is 13.2 Å². The van der Waals surface area contributed by atoms with Gasteiger partial charge in [0.15, 0.2) is 5.92 Å². The lowest BCUT2D eigenvalue weighted by Crippen LogP contribution is -2.54. The Labute approximate surface area is 163 Å². The molecule has 0 unspecified atom stereocenters. The molecule has 27 heavy (non-hydrogen) atoms. The molecular weight excluding hydrogens is 360 g/mol. The Kier molecular flexibility index (Phi) is 9.42. The van der Waals surface area contributed by atoms with Crippen LogP contribution in [0.3, 0.4) is 0 Å². The summed E-state index contributed by atoms with van der Waals surface area (Å²) in [6.45, 7) is 9.96. The molecule has 0 heterocycles. The Morgan fingerprint density at radius 1 is 1.00 bits per heavy atom. The monoisotopic (exact) mass is 392 g/mol.